The number of hydrogen-bond donors (Lipinski definition) is 1. The van der Waals surface area contributed by atoms with Crippen LogP contribution in [0.3, 0.4) is 0 Å². The minimum Gasteiger partial charge on any atom is -0.314 e. The summed E-state index contributed by atoms with van der Waals surface area (Å²) in [6, 6.07) is 0.817. The van der Waals surface area contributed by atoms with Crippen molar-refractivity contribution >= 4 is 0 Å². The standard InChI is InChI=1S/C13H25N/c1-10-4-3-5-13(11(10)2)14-9-8-12-6-7-12/h10-14H,3-9H2,1-2H3. The second-order valence-electron chi connectivity index (χ2n) is 5.56. The van der Waals surface area contributed by atoms with Crippen molar-refractivity contribution in [3.05, 3.63) is 0 Å². The molecule has 0 bridgehead atoms. The number of hydrogen-bond acceptors (Lipinski definition) is 1. The minimum absolute atomic E-state index is 0.817. The first-order valence-corrected chi connectivity index (χ1v) is 6.50. The quantitative estimate of drug-likeness (QED) is 0.726. The summed E-state index contributed by atoms with van der Waals surface area (Å²) in [5.41, 5.74) is 0. The summed E-state index contributed by atoms with van der Waals surface area (Å²) >= 11 is 0. The maximum atomic E-state index is 3.77. The van der Waals surface area contributed by atoms with Crippen molar-refractivity contribution in [2.75, 3.05) is 6.54 Å². The van der Waals surface area contributed by atoms with Gasteiger partial charge in [0, 0.05) is 6.04 Å². The van der Waals surface area contributed by atoms with Gasteiger partial charge in [0.05, 0.1) is 0 Å². The van der Waals surface area contributed by atoms with Gasteiger partial charge in [0.1, 0.15) is 0 Å². The molecular formula is C13H25N. The molecule has 82 valence electrons. The van der Waals surface area contributed by atoms with Crippen LogP contribution in [0.5, 0.6) is 0 Å². The van der Waals surface area contributed by atoms with Gasteiger partial charge in [0.15, 0.2) is 0 Å². The van der Waals surface area contributed by atoms with E-state index in [4.69, 9.17) is 0 Å². The predicted molar refractivity (Wildman–Crippen MR) is 61.3 cm³/mol. The van der Waals surface area contributed by atoms with Crippen LogP contribution in [0.1, 0.15) is 52.4 Å². The molecule has 0 aromatic carbocycles. The molecule has 0 saturated heterocycles. The molecule has 0 heterocycles. The fraction of sp³-hybridized carbons (Fsp3) is 1.00. The fourth-order valence-corrected chi connectivity index (χ4v) is 2.75. The van der Waals surface area contributed by atoms with Crippen LogP contribution in [0.15, 0.2) is 0 Å². The van der Waals surface area contributed by atoms with E-state index in [1.54, 1.807) is 0 Å². The minimum atomic E-state index is 0.817. The molecule has 3 atom stereocenters. The first-order valence-electron chi connectivity index (χ1n) is 6.50. The second kappa shape index (κ2) is 4.65. The molecule has 0 aromatic rings. The van der Waals surface area contributed by atoms with Crippen LogP contribution in [0, 0.1) is 17.8 Å². The third kappa shape index (κ3) is 2.73. The zero-order valence-electron chi connectivity index (χ0n) is 9.76. The van der Waals surface area contributed by atoms with Gasteiger partial charge in [-0.3, -0.25) is 0 Å². The molecule has 3 unspecified atom stereocenters. The second-order valence-corrected chi connectivity index (χ2v) is 5.56. The van der Waals surface area contributed by atoms with Gasteiger partial charge in [-0.05, 0) is 37.1 Å². The van der Waals surface area contributed by atoms with Crippen molar-refractivity contribution in [2.45, 2.75) is 58.4 Å². The Bertz CT molecular complexity index is 174. The smallest absolute Gasteiger partial charge is 0.00952 e. The highest BCUT2D eigenvalue weighted by atomic mass is 14.9. The molecule has 2 aliphatic rings. The van der Waals surface area contributed by atoms with Gasteiger partial charge in [0.25, 0.3) is 0 Å². The molecule has 1 nitrogen and oxygen atoms in total. The van der Waals surface area contributed by atoms with Crippen molar-refractivity contribution in [1.82, 2.24) is 5.32 Å². The Morgan fingerprint density at radius 3 is 2.57 bits per heavy atom. The number of rotatable bonds is 4. The molecule has 14 heavy (non-hydrogen) atoms. The maximum absolute atomic E-state index is 3.77. The van der Waals surface area contributed by atoms with Gasteiger partial charge in [-0.15, -0.1) is 0 Å². The molecule has 1 N–H and O–H groups in total. The molecule has 2 rings (SSSR count). The highest BCUT2D eigenvalue weighted by Gasteiger charge is 2.27. The molecule has 0 aliphatic heterocycles. The largest absolute Gasteiger partial charge is 0.314 e. The van der Waals surface area contributed by atoms with Gasteiger partial charge in [-0.1, -0.05) is 39.5 Å². The Hall–Kier alpha value is -0.0400. The van der Waals surface area contributed by atoms with Crippen LogP contribution in [0.2, 0.25) is 0 Å². The van der Waals surface area contributed by atoms with E-state index in [0.29, 0.717) is 0 Å². The Balaban J connectivity index is 1.66. The summed E-state index contributed by atoms with van der Waals surface area (Å²) in [4.78, 5) is 0. The molecule has 2 aliphatic carbocycles. The molecule has 2 saturated carbocycles. The first-order chi connectivity index (χ1) is 6.77. The summed E-state index contributed by atoms with van der Waals surface area (Å²) in [5.74, 6) is 2.91. The molecule has 0 aromatic heterocycles. The molecule has 0 amide bonds. The molecule has 0 spiro atoms. The van der Waals surface area contributed by atoms with E-state index in [1.807, 2.05) is 0 Å². The Kier molecular flexibility index (Phi) is 3.48. The van der Waals surface area contributed by atoms with Crippen LogP contribution < -0.4 is 5.32 Å². The van der Waals surface area contributed by atoms with Crippen LogP contribution >= 0.6 is 0 Å². The van der Waals surface area contributed by atoms with Gasteiger partial charge < -0.3 is 5.32 Å². The third-order valence-corrected chi connectivity index (χ3v) is 4.36. The van der Waals surface area contributed by atoms with Crippen LogP contribution in [0.25, 0.3) is 0 Å². The fourth-order valence-electron chi connectivity index (χ4n) is 2.75. The maximum Gasteiger partial charge on any atom is 0.00952 e. The summed E-state index contributed by atoms with van der Waals surface area (Å²) < 4.78 is 0. The topological polar surface area (TPSA) is 12.0 Å². The Labute approximate surface area is 88.7 Å². The lowest BCUT2D eigenvalue weighted by Crippen LogP contribution is -2.41. The van der Waals surface area contributed by atoms with Crippen molar-refractivity contribution in [1.29, 1.82) is 0 Å². The zero-order chi connectivity index (χ0) is 9.97. The van der Waals surface area contributed by atoms with E-state index in [2.05, 4.69) is 19.2 Å². The first kappa shape index (κ1) is 10.5. The predicted octanol–water partition coefficient (Wildman–Crippen LogP) is 3.20. The lowest BCUT2D eigenvalue weighted by Gasteiger charge is -2.34. The highest BCUT2D eigenvalue weighted by Crippen LogP contribution is 2.33. The zero-order valence-corrected chi connectivity index (χ0v) is 9.76. The molecule has 1 heteroatoms. The highest BCUT2D eigenvalue weighted by molar-refractivity contribution is 4.83. The average molecular weight is 195 g/mol. The van der Waals surface area contributed by atoms with Crippen LogP contribution in [0.4, 0.5) is 0 Å². The number of nitrogens with one attached hydrogen (secondary N) is 1. The van der Waals surface area contributed by atoms with Crippen molar-refractivity contribution < 1.29 is 0 Å². The molecule has 0 radical (unpaired) electrons. The van der Waals surface area contributed by atoms with Gasteiger partial charge in [0.2, 0.25) is 0 Å². The van der Waals surface area contributed by atoms with Gasteiger partial charge in [-0.2, -0.15) is 0 Å². The lowest BCUT2D eigenvalue weighted by atomic mass is 9.78. The van der Waals surface area contributed by atoms with E-state index in [9.17, 15) is 0 Å². The summed E-state index contributed by atoms with van der Waals surface area (Å²) in [6.45, 7) is 6.12. The monoisotopic (exact) mass is 195 g/mol. The molecular weight excluding hydrogens is 170 g/mol. The summed E-state index contributed by atoms with van der Waals surface area (Å²) in [6.07, 6.45) is 8.72. The average Bonchev–Trinajstić information content (AvgIpc) is 2.96. The summed E-state index contributed by atoms with van der Waals surface area (Å²) in [5, 5.41) is 3.77. The Morgan fingerprint density at radius 1 is 1.07 bits per heavy atom. The van der Waals surface area contributed by atoms with Gasteiger partial charge >= 0.3 is 0 Å². The summed E-state index contributed by atoms with van der Waals surface area (Å²) in [7, 11) is 0. The molecule has 2 fully saturated rings. The van der Waals surface area contributed by atoms with Crippen LogP contribution in [-0.2, 0) is 0 Å². The van der Waals surface area contributed by atoms with E-state index in [-0.39, 0.29) is 0 Å². The SMILES string of the molecule is CC1CCCC(NCCC2CC2)C1C. The Morgan fingerprint density at radius 2 is 1.86 bits per heavy atom. The third-order valence-electron chi connectivity index (χ3n) is 4.36. The van der Waals surface area contributed by atoms with E-state index in [1.165, 1.54) is 45.1 Å². The van der Waals surface area contributed by atoms with Crippen LogP contribution in [-0.4, -0.2) is 12.6 Å². The lowest BCUT2D eigenvalue weighted by molar-refractivity contribution is 0.206. The normalized spacial score (nSPS) is 38.6. The van der Waals surface area contributed by atoms with E-state index < -0.39 is 0 Å². The van der Waals surface area contributed by atoms with Crippen molar-refractivity contribution in [2.24, 2.45) is 17.8 Å². The van der Waals surface area contributed by atoms with E-state index in [0.717, 1.165) is 23.8 Å². The van der Waals surface area contributed by atoms with E-state index >= 15 is 0 Å². The van der Waals surface area contributed by atoms with Gasteiger partial charge in [-0.25, -0.2) is 0 Å². The van der Waals surface area contributed by atoms with Crippen molar-refractivity contribution in [3.63, 3.8) is 0 Å². The van der Waals surface area contributed by atoms with Crippen molar-refractivity contribution in [3.8, 4) is 0 Å².